The molecule has 0 spiro atoms. The lowest BCUT2D eigenvalue weighted by Gasteiger charge is -2.22. The first-order valence-electron chi connectivity index (χ1n) is 5.28. The van der Waals surface area contributed by atoms with Crippen LogP contribution >= 0.6 is 0 Å². The normalized spacial score (nSPS) is 18.3. The highest BCUT2D eigenvalue weighted by molar-refractivity contribution is 5.87. The molecule has 0 saturated heterocycles. The summed E-state index contributed by atoms with van der Waals surface area (Å²) in [5.41, 5.74) is 5.63. The Hall–Kier alpha value is -1.14. The number of carboxylic acids is 1. The van der Waals surface area contributed by atoms with E-state index in [1.165, 1.54) is 6.92 Å². The molecular weight excluding hydrogens is 212 g/mol. The molecule has 16 heavy (non-hydrogen) atoms. The summed E-state index contributed by atoms with van der Waals surface area (Å²) in [5.74, 6) is -1.87. The maximum absolute atomic E-state index is 11.6. The molecule has 1 amide bonds. The van der Waals surface area contributed by atoms with Gasteiger partial charge in [0, 0.05) is 0 Å². The van der Waals surface area contributed by atoms with Gasteiger partial charge in [0.05, 0.1) is 12.1 Å². The van der Waals surface area contributed by atoms with Crippen LogP contribution in [0, 0.1) is 5.92 Å². The van der Waals surface area contributed by atoms with E-state index in [2.05, 4.69) is 5.32 Å². The maximum atomic E-state index is 11.6. The molecule has 0 heterocycles. The van der Waals surface area contributed by atoms with E-state index in [1.807, 2.05) is 13.8 Å². The van der Waals surface area contributed by atoms with Gasteiger partial charge in [-0.3, -0.25) is 4.79 Å². The van der Waals surface area contributed by atoms with Gasteiger partial charge in [-0.25, -0.2) is 4.79 Å². The summed E-state index contributed by atoms with van der Waals surface area (Å²) in [5, 5.41) is 20.1. The third-order valence-corrected chi connectivity index (χ3v) is 2.61. The summed E-state index contributed by atoms with van der Waals surface area (Å²) in [6.45, 7) is 5.00. The Bertz CT molecular complexity index is 255. The number of hydrogen-bond donors (Lipinski definition) is 4. The smallest absolute Gasteiger partial charge is 0.328 e. The fourth-order valence-corrected chi connectivity index (χ4v) is 1.15. The first-order valence-corrected chi connectivity index (χ1v) is 5.28. The molecule has 5 N–H and O–H groups in total. The second-order valence-corrected chi connectivity index (χ2v) is 3.98. The average Bonchev–Trinajstić information content (AvgIpc) is 2.22. The molecule has 0 saturated carbocycles. The van der Waals surface area contributed by atoms with E-state index in [4.69, 9.17) is 10.8 Å². The third-order valence-electron chi connectivity index (χ3n) is 2.61. The molecule has 0 fully saturated rings. The van der Waals surface area contributed by atoms with Crippen molar-refractivity contribution in [1.82, 2.24) is 5.32 Å². The van der Waals surface area contributed by atoms with Crippen LogP contribution in [0.15, 0.2) is 0 Å². The Morgan fingerprint density at radius 1 is 1.38 bits per heavy atom. The quantitative estimate of drug-likeness (QED) is 0.484. The van der Waals surface area contributed by atoms with Crippen LogP contribution in [-0.2, 0) is 9.59 Å². The highest BCUT2D eigenvalue weighted by atomic mass is 16.4. The number of rotatable bonds is 6. The first-order chi connectivity index (χ1) is 7.31. The first kappa shape index (κ1) is 14.9. The van der Waals surface area contributed by atoms with Crippen LogP contribution in [0.5, 0.6) is 0 Å². The second kappa shape index (κ2) is 6.44. The summed E-state index contributed by atoms with van der Waals surface area (Å²) in [6.07, 6.45) is -0.438. The second-order valence-electron chi connectivity index (χ2n) is 3.98. The Morgan fingerprint density at radius 3 is 2.19 bits per heavy atom. The van der Waals surface area contributed by atoms with E-state index >= 15 is 0 Å². The van der Waals surface area contributed by atoms with Gasteiger partial charge in [0.2, 0.25) is 5.91 Å². The number of aliphatic hydroxyl groups excluding tert-OH is 1. The van der Waals surface area contributed by atoms with Crippen LogP contribution in [0.1, 0.15) is 27.2 Å². The molecule has 0 bridgehead atoms. The average molecular weight is 232 g/mol. The zero-order chi connectivity index (χ0) is 12.9. The summed E-state index contributed by atoms with van der Waals surface area (Å²) >= 11 is 0. The molecule has 0 aliphatic heterocycles. The van der Waals surface area contributed by atoms with Gasteiger partial charge < -0.3 is 21.3 Å². The van der Waals surface area contributed by atoms with E-state index in [9.17, 15) is 14.7 Å². The van der Waals surface area contributed by atoms with Gasteiger partial charge in [-0.2, -0.15) is 0 Å². The molecule has 0 aliphatic carbocycles. The summed E-state index contributed by atoms with van der Waals surface area (Å²) in [6, 6.07) is -2.08. The van der Waals surface area contributed by atoms with E-state index in [0.29, 0.717) is 0 Å². The van der Waals surface area contributed by atoms with Crippen molar-refractivity contribution in [3.05, 3.63) is 0 Å². The Labute approximate surface area is 94.8 Å². The van der Waals surface area contributed by atoms with Crippen molar-refractivity contribution in [3.8, 4) is 0 Å². The molecule has 0 aromatic carbocycles. The van der Waals surface area contributed by atoms with Gasteiger partial charge in [0.1, 0.15) is 0 Å². The third kappa shape index (κ3) is 4.16. The maximum Gasteiger partial charge on any atom is 0.328 e. The number of aliphatic carboxylic acids is 1. The van der Waals surface area contributed by atoms with Gasteiger partial charge in [-0.05, 0) is 12.8 Å². The van der Waals surface area contributed by atoms with E-state index in [0.717, 1.165) is 6.42 Å². The van der Waals surface area contributed by atoms with Gasteiger partial charge in [-0.1, -0.05) is 20.3 Å². The van der Waals surface area contributed by atoms with Crippen LogP contribution in [0.25, 0.3) is 0 Å². The summed E-state index contributed by atoms with van der Waals surface area (Å²) in [4.78, 5) is 22.3. The zero-order valence-electron chi connectivity index (χ0n) is 9.80. The number of hydrogen-bond acceptors (Lipinski definition) is 4. The number of amides is 1. The van der Waals surface area contributed by atoms with Crippen LogP contribution in [-0.4, -0.2) is 40.3 Å². The molecule has 0 aliphatic rings. The van der Waals surface area contributed by atoms with Crippen LogP contribution < -0.4 is 11.1 Å². The lowest BCUT2D eigenvalue weighted by atomic mass is 9.99. The van der Waals surface area contributed by atoms with Crippen LogP contribution in [0.3, 0.4) is 0 Å². The van der Waals surface area contributed by atoms with E-state index < -0.39 is 30.1 Å². The fourth-order valence-electron chi connectivity index (χ4n) is 1.15. The SMILES string of the molecule is CCC(C)C(N)C(=O)N[C@H](C(=O)O)[C@@H](C)O. The topological polar surface area (TPSA) is 113 Å². The number of carbonyl (C=O) groups is 2. The molecular formula is C10H20N2O4. The Balaban J connectivity index is 4.46. The van der Waals surface area contributed by atoms with Gasteiger partial charge in [0.25, 0.3) is 0 Å². The van der Waals surface area contributed by atoms with Crippen molar-refractivity contribution in [2.45, 2.75) is 45.4 Å². The fraction of sp³-hybridized carbons (Fsp3) is 0.800. The molecule has 6 nitrogen and oxygen atoms in total. The lowest BCUT2D eigenvalue weighted by molar-refractivity contribution is -0.145. The summed E-state index contributed by atoms with van der Waals surface area (Å²) < 4.78 is 0. The minimum atomic E-state index is -1.32. The molecule has 0 rings (SSSR count). The summed E-state index contributed by atoms with van der Waals surface area (Å²) in [7, 11) is 0. The number of carboxylic acid groups (broad SMARTS) is 1. The molecule has 0 aromatic heterocycles. The number of aliphatic hydroxyl groups is 1. The van der Waals surface area contributed by atoms with Crippen LogP contribution in [0.2, 0.25) is 0 Å². The minimum absolute atomic E-state index is 0.0385. The zero-order valence-corrected chi connectivity index (χ0v) is 9.80. The molecule has 2 unspecified atom stereocenters. The van der Waals surface area contributed by atoms with E-state index in [1.54, 1.807) is 0 Å². The number of nitrogens with one attached hydrogen (secondary N) is 1. The van der Waals surface area contributed by atoms with Crippen molar-refractivity contribution in [2.24, 2.45) is 11.7 Å². The van der Waals surface area contributed by atoms with Crippen LogP contribution in [0.4, 0.5) is 0 Å². The molecule has 94 valence electrons. The predicted octanol–water partition coefficient (Wildman–Crippen LogP) is -0.690. The number of carbonyl (C=O) groups excluding carboxylic acids is 1. The predicted molar refractivity (Wildman–Crippen MR) is 58.7 cm³/mol. The monoisotopic (exact) mass is 232 g/mol. The molecule has 6 heteroatoms. The van der Waals surface area contributed by atoms with Crippen molar-refractivity contribution >= 4 is 11.9 Å². The largest absolute Gasteiger partial charge is 0.480 e. The van der Waals surface area contributed by atoms with Gasteiger partial charge in [0.15, 0.2) is 6.04 Å². The van der Waals surface area contributed by atoms with Crippen molar-refractivity contribution in [3.63, 3.8) is 0 Å². The lowest BCUT2D eigenvalue weighted by Crippen LogP contribution is -2.54. The minimum Gasteiger partial charge on any atom is -0.480 e. The molecule has 0 aromatic rings. The van der Waals surface area contributed by atoms with Gasteiger partial charge >= 0.3 is 5.97 Å². The van der Waals surface area contributed by atoms with Gasteiger partial charge in [-0.15, -0.1) is 0 Å². The van der Waals surface area contributed by atoms with Crippen molar-refractivity contribution in [1.29, 1.82) is 0 Å². The van der Waals surface area contributed by atoms with E-state index in [-0.39, 0.29) is 5.92 Å². The van der Waals surface area contributed by atoms with Crippen molar-refractivity contribution < 1.29 is 19.8 Å². The highest BCUT2D eigenvalue weighted by Crippen LogP contribution is 2.06. The van der Waals surface area contributed by atoms with Crippen molar-refractivity contribution in [2.75, 3.05) is 0 Å². The Kier molecular flexibility index (Phi) is 5.98. The molecule has 4 atom stereocenters. The highest BCUT2D eigenvalue weighted by Gasteiger charge is 2.28. The Morgan fingerprint density at radius 2 is 1.88 bits per heavy atom. The standard InChI is InChI=1S/C10H20N2O4/c1-4-5(2)7(11)9(14)12-8(6(3)13)10(15)16/h5-8,13H,4,11H2,1-3H3,(H,12,14)(H,15,16)/t5?,6-,7?,8+/m1/s1. The number of nitrogens with two attached hydrogens (primary N) is 1. The molecule has 0 radical (unpaired) electrons.